The zero-order valence-corrected chi connectivity index (χ0v) is 13.5. The number of halogens is 1. The Morgan fingerprint density at radius 2 is 2.14 bits per heavy atom. The van der Waals surface area contributed by atoms with Crippen molar-refractivity contribution in [3.63, 3.8) is 0 Å². The molecule has 116 valence electrons. The third-order valence-corrected chi connectivity index (χ3v) is 5.86. The molecule has 2 rings (SSSR count). The van der Waals surface area contributed by atoms with Crippen LogP contribution in [0.5, 0.6) is 0 Å². The predicted octanol–water partition coefficient (Wildman–Crippen LogP) is 2.48. The largest absolute Gasteiger partial charge is 0.323 e. The van der Waals surface area contributed by atoms with Crippen molar-refractivity contribution in [1.82, 2.24) is 4.31 Å². The number of hydrogen-bond donors (Lipinski definition) is 1. The van der Waals surface area contributed by atoms with Gasteiger partial charge in [0.15, 0.2) is 0 Å². The molecule has 1 aromatic rings. The number of nitrogens with zero attached hydrogens (tertiary/aromatic N) is 1. The van der Waals surface area contributed by atoms with E-state index in [1.165, 1.54) is 4.31 Å². The van der Waals surface area contributed by atoms with E-state index in [-0.39, 0.29) is 11.7 Å². The summed E-state index contributed by atoms with van der Waals surface area (Å²) in [6.07, 6.45) is 1.78. The predicted molar refractivity (Wildman–Crippen MR) is 83.9 cm³/mol. The molecule has 0 spiro atoms. The molecule has 0 radical (unpaired) electrons. The standard InChI is InChI=1S/C14H19ClN2O3S/c1-2-10-21(19,20)17-9-5-8-13(17)14(18)16-12-7-4-3-6-11(12)15/h3-4,6-7,13H,2,5,8-10H2,1H3,(H,16,18). The Kier molecular flexibility index (Phi) is 5.24. The molecule has 1 unspecified atom stereocenters. The number of para-hydroxylation sites is 1. The van der Waals surface area contributed by atoms with Crippen LogP contribution >= 0.6 is 11.6 Å². The Morgan fingerprint density at radius 3 is 2.81 bits per heavy atom. The van der Waals surface area contributed by atoms with E-state index in [1.54, 1.807) is 24.3 Å². The fourth-order valence-corrected chi connectivity index (χ4v) is 4.42. The maximum absolute atomic E-state index is 12.4. The van der Waals surface area contributed by atoms with Gasteiger partial charge in [-0.2, -0.15) is 4.31 Å². The Morgan fingerprint density at radius 1 is 1.43 bits per heavy atom. The van der Waals surface area contributed by atoms with Crippen LogP contribution in [0.1, 0.15) is 26.2 Å². The molecule has 1 aromatic carbocycles. The van der Waals surface area contributed by atoms with Crippen LogP contribution in [0.15, 0.2) is 24.3 Å². The Balaban J connectivity index is 2.13. The SMILES string of the molecule is CCCS(=O)(=O)N1CCCC1C(=O)Nc1ccccc1Cl. The van der Waals surface area contributed by atoms with Gasteiger partial charge in [0.05, 0.1) is 16.5 Å². The van der Waals surface area contributed by atoms with Crippen LogP contribution in [0.4, 0.5) is 5.69 Å². The number of amides is 1. The Labute approximate surface area is 130 Å². The molecule has 1 heterocycles. The molecule has 5 nitrogen and oxygen atoms in total. The summed E-state index contributed by atoms with van der Waals surface area (Å²) >= 11 is 6.00. The van der Waals surface area contributed by atoms with Crippen molar-refractivity contribution in [3.05, 3.63) is 29.3 Å². The highest BCUT2D eigenvalue weighted by molar-refractivity contribution is 7.89. The molecule has 1 saturated heterocycles. The number of nitrogens with one attached hydrogen (secondary N) is 1. The van der Waals surface area contributed by atoms with Crippen molar-refractivity contribution in [2.75, 3.05) is 17.6 Å². The topological polar surface area (TPSA) is 66.5 Å². The maximum Gasteiger partial charge on any atom is 0.242 e. The highest BCUT2D eigenvalue weighted by atomic mass is 35.5. The summed E-state index contributed by atoms with van der Waals surface area (Å²) in [6, 6.07) is 6.27. The van der Waals surface area contributed by atoms with E-state index in [0.717, 1.165) is 0 Å². The van der Waals surface area contributed by atoms with Crippen LogP contribution in [0.25, 0.3) is 0 Å². The van der Waals surface area contributed by atoms with Crippen LogP contribution in [0.2, 0.25) is 5.02 Å². The number of carbonyl (C=O) groups excluding carboxylic acids is 1. The van der Waals surface area contributed by atoms with E-state index in [4.69, 9.17) is 11.6 Å². The minimum Gasteiger partial charge on any atom is -0.323 e. The number of benzene rings is 1. The lowest BCUT2D eigenvalue weighted by Crippen LogP contribution is -2.44. The highest BCUT2D eigenvalue weighted by Crippen LogP contribution is 2.25. The Bertz CT molecular complexity index is 618. The molecule has 1 N–H and O–H groups in total. The van der Waals surface area contributed by atoms with Crippen molar-refractivity contribution >= 4 is 33.2 Å². The summed E-state index contributed by atoms with van der Waals surface area (Å²) < 4.78 is 25.7. The first-order valence-corrected chi connectivity index (χ1v) is 8.99. The first-order chi connectivity index (χ1) is 9.95. The second-order valence-electron chi connectivity index (χ2n) is 5.05. The second-order valence-corrected chi connectivity index (χ2v) is 7.50. The average Bonchev–Trinajstić information content (AvgIpc) is 2.91. The molecule has 1 aliphatic rings. The van der Waals surface area contributed by atoms with Crippen molar-refractivity contribution in [3.8, 4) is 0 Å². The van der Waals surface area contributed by atoms with Gasteiger partial charge in [0, 0.05) is 6.54 Å². The van der Waals surface area contributed by atoms with E-state index >= 15 is 0 Å². The lowest BCUT2D eigenvalue weighted by atomic mass is 10.2. The van der Waals surface area contributed by atoms with Gasteiger partial charge in [0.1, 0.15) is 6.04 Å². The van der Waals surface area contributed by atoms with E-state index in [2.05, 4.69) is 5.32 Å². The van der Waals surface area contributed by atoms with E-state index in [0.29, 0.717) is 36.5 Å². The minimum absolute atomic E-state index is 0.0723. The summed E-state index contributed by atoms with van der Waals surface area (Å²) in [6.45, 7) is 2.22. The molecule has 1 aliphatic heterocycles. The number of sulfonamides is 1. The zero-order chi connectivity index (χ0) is 15.5. The third-order valence-electron chi connectivity index (χ3n) is 3.46. The van der Waals surface area contributed by atoms with Crippen LogP contribution in [-0.2, 0) is 14.8 Å². The van der Waals surface area contributed by atoms with Crippen LogP contribution in [0.3, 0.4) is 0 Å². The van der Waals surface area contributed by atoms with Gasteiger partial charge in [-0.15, -0.1) is 0 Å². The molecule has 0 aromatic heterocycles. The molecule has 1 fully saturated rings. The van der Waals surface area contributed by atoms with Crippen molar-refractivity contribution in [2.45, 2.75) is 32.2 Å². The lowest BCUT2D eigenvalue weighted by molar-refractivity contribution is -0.119. The fraction of sp³-hybridized carbons (Fsp3) is 0.500. The number of carbonyl (C=O) groups is 1. The van der Waals surface area contributed by atoms with Gasteiger partial charge in [-0.05, 0) is 31.4 Å². The first kappa shape index (κ1) is 16.3. The van der Waals surface area contributed by atoms with Crippen molar-refractivity contribution in [2.24, 2.45) is 0 Å². The number of hydrogen-bond acceptors (Lipinski definition) is 3. The molecular formula is C14H19ClN2O3S. The molecule has 1 amide bonds. The first-order valence-electron chi connectivity index (χ1n) is 7.00. The third kappa shape index (κ3) is 3.75. The normalized spacial score (nSPS) is 19.6. The van der Waals surface area contributed by atoms with Gasteiger partial charge in [-0.3, -0.25) is 4.79 Å². The van der Waals surface area contributed by atoms with Gasteiger partial charge in [-0.1, -0.05) is 30.7 Å². The minimum atomic E-state index is -3.37. The van der Waals surface area contributed by atoms with Gasteiger partial charge in [0.2, 0.25) is 15.9 Å². The molecule has 0 bridgehead atoms. The monoisotopic (exact) mass is 330 g/mol. The van der Waals surface area contributed by atoms with E-state index in [9.17, 15) is 13.2 Å². The van der Waals surface area contributed by atoms with Gasteiger partial charge in [0.25, 0.3) is 0 Å². The smallest absolute Gasteiger partial charge is 0.242 e. The molecule has 0 aliphatic carbocycles. The number of rotatable bonds is 5. The van der Waals surface area contributed by atoms with Crippen molar-refractivity contribution in [1.29, 1.82) is 0 Å². The second kappa shape index (κ2) is 6.77. The summed E-state index contributed by atoms with van der Waals surface area (Å²) in [5.41, 5.74) is 0.504. The van der Waals surface area contributed by atoms with E-state index < -0.39 is 16.1 Å². The zero-order valence-electron chi connectivity index (χ0n) is 11.9. The molecular weight excluding hydrogens is 312 g/mol. The summed E-state index contributed by atoms with van der Waals surface area (Å²) in [7, 11) is -3.37. The lowest BCUT2D eigenvalue weighted by Gasteiger charge is -2.23. The van der Waals surface area contributed by atoms with Gasteiger partial charge >= 0.3 is 0 Å². The summed E-state index contributed by atoms with van der Waals surface area (Å²) in [5, 5.41) is 3.16. The van der Waals surface area contributed by atoms with Crippen molar-refractivity contribution < 1.29 is 13.2 Å². The number of anilines is 1. The summed E-state index contributed by atoms with van der Waals surface area (Å²) in [5.74, 6) is -0.247. The van der Waals surface area contributed by atoms with Crippen LogP contribution < -0.4 is 5.32 Å². The fourth-order valence-electron chi connectivity index (χ4n) is 2.49. The maximum atomic E-state index is 12.4. The molecule has 7 heteroatoms. The van der Waals surface area contributed by atoms with Gasteiger partial charge < -0.3 is 5.32 Å². The Hall–Kier alpha value is -1.11. The highest BCUT2D eigenvalue weighted by Gasteiger charge is 2.38. The summed E-state index contributed by atoms with van der Waals surface area (Å²) in [4.78, 5) is 12.4. The molecule has 1 atom stereocenters. The van der Waals surface area contributed by atoms with Crippen LogP contribution in [0, 0.1) is 0 Å². The molecule has 0 saturated carbocycles. The van der Waals surface area contributed by atoms with E-state index in [1.807, 2.05) is 6.92 Å². The molecule has 21 heavy (non-hydrogen) atoms. The van der Waals surface area contributed by atoms with Gasteiger partial charge in [-0.25, -0.2) is 8.42 Å². The average molecular weight is 331 g/mol. The van der Waals surface area contributed by atoms with Crippen LogP contribution in [-0.4, -0.2) is 37.0 Å². The quantitative estimate of drug-likeness (QED) is 0.902.